The Hall–Kier alpha value is -4.23. The van der Waals surface area contributed by atoms with Crippen LogP contribution in [0.5, 0.6) is 5.75 Å². The molecule has 8 bridgehead atoms. The second kappa shape index (κ2) is 12.1. The molecular weight excluding hydrogens is 688 g/mol. The van der Waals surface area contributed by atoms with Crippen molar-refractivity contribution in [3.8, 4) is 5.75 Å². The van der Waals surface area contributed by atoms with Crippen molar-refractivity contribution in [2.75, 3.05) is 57.8 Å². The van der Waals surface area contributed by atoms with Gasteiger partial charge < -0.3 is 24.0 Å². The van der Waals surface area contributed by atoms with Crippen molar-refractivity contribution in [2.45, 2.75) is 74.7 Å². The molecule has 12 nitrogen and oxygen atoms in total. The highest BCUT2D eigenvalue weighted by molar-refractivity contribution is 6.08. The molecule has 284 valence electrons. The minimum atomic E-state index is -1.04. The number of benzene rings is 2. The third-order valence-electron chi connectivity index (χ3n) is 14.8. The summed E-state index contributed by atoms with van der Waals surface area (Å²) in [6.07, 6.45) is 5.87. The van der Waals surface area contributed by atoms with Gasteiger partial charge in [-0.1, -0.05) is 47.6 Å². The second-order valence-corrected chi connectivity index (χ2v) is 16.4. The number of urea groups is 1. The summed E-state index contributed by atoms with van der Waals surface area (Å²) in [5, 5.41) is 2.81. The molecule has 0 aromatic heterocycles. The molecule has 4 amide bonds. The number of likely N-dealkylation sites (tertiary alicyclic amines) is 2. The van der Waals surface area contributed by atoms with Crippen LogP contribution in [-0.4, -0.2) is 99.6 Å². The van der Waals surface area contributed by atoms with Gasteiger partial charge in [0.15, 0.2) is 0 Å². The van der Waals surface area contributed by atoms with Crippen LogP contribution in [0.25, 0.3) is 0 Å². The number of allylic oxidation sites excluding steroid dienone is 2. The lowest BCUT2D eigenvalue weighted by Gasteiger charge is -2.52. The zero-order chi connectivity index (χ0) is 37.3. The van der Waals surface area contributed by atoms with E-state index in [0.29, 0.717) is 63.4 Å². The molecule has 8 fully saturated rings. The highest BCUT2D eigenvalue weighted by Crippen LogP contribution is 2.60. The van der Waals surface area contributed by atoms with Crippen molar-refractivity contribution in [3.63, 3.8) is 0 Å². The summed E-state index contributed by atoms with van der Waals surface area (Å²) in [6.45, 7) is 6.01. The summed E-state index contributed by atoms with van der Waals surface area (Å²) in [5.41, 5.74) is 3.52. The van der Waals surface area contributed by atoms with E-state index >= 15 is 4.79 Å². The van der Waals surface area contributed by atoms with Crippen molar-refractivity contribution in [2.24, 2.45) is 23.7 Å². The second-order valence-electron chi connectivity index (χ2n) is 16.4. The maximum Gasteiger partial charge on any atom is 0.321 e. The maximum atomic E-state index is 15.7. The van der Waals surface area contributed by atoms with Gasteiger partial charge in [0.1, 0.15) is 16.6 Å². The number of piperidine rings is 2. The number of hydrogen-bond acceptors (Lipinski definition) is 8. The maximum absolute atomic E-state index is 15.7. The van der Waals surface area contributed by atoms with Crippen molar-refractivity contribution >= 4 is 29.2 Å². The van der Waals surface area contributed by atoms with Gasteiger partial charge in [-0.05, 0) is 74.6 Å². The number of carbonyl (C=O) groups excluding carboxylic acids is 3. The molecular formula is C42H48N4O8. The van der Waals surface area contributed by atoms with Gasteiger partial charge in [0, 0.05) is 43.1 Å². The molecule has 2 aromatic rings. The number of nitrogens with zero attached hydrogens (tertiary/aromatic N) is 4. The van der Waals surface area contributed by atoms with E-state index in [1.54, 1.807) is 7.11 Å². The number of fused-ring (bicyclic) bond motifs is 4. The average molecular weight is 737 g/mol. The van der Waals surface area contributed by atoms with Crippen LogP contribution in [0.3, 0.4) is 0 Å². The average Bonchev–Trinajstić information content (AvgIpc) is 3.33. The number of para-hydroxylation sites is 1. The molecule has 2 spiro atoms. The lowest BCUT2D eigenvalue weighted by atomic mass is 9.72. The number of rotatable bonds is 3. The molecule has 8 aliphatic heterocycles. The molecule has 12 heteroatoms. The van der Waals surface area contributed by atoms with Gasteiger partial charge >= 0.3 is 6.03 Å². The van der Waals surface area contributed by atoms with E-state index < -0.39 is 10.8 Å². The van der Waals surface area contributed by atoms with Gasteiger partial charge in [0.25, 0.3) is 11.8 Å². The van der Waals surface area contributed by atoms with Crippen LogP contribution in [-0.2, 0) is 39.6 Å². The van der Waals surface area contributed by atoms with Crippen molar-refractivity contribution in [1.82, 2.24) is 9.80 Å². The number of anilines is 2. The summed E-state index contributed by atoms with van der Waals surface area (Å²) in [6, 6.07) is 13.0. The SMILES string of the molecule is C/C=C1\CN(C(=O)N2C/C(=C\C)[C@@H]3C[C@H]4OC[C@@H]3[C@@H]2C[C@@]42C(=O)N(OC)c3cc(OC)ccc32)[C@H]2C[C@@]3(C(=O)N(OC)c4ccccc43)[C@H]3C[C@@H]1[C@@H]2CO3. The highest BCUT2D eigenvalue weighted by Gasteiger charge is 2.67. The molecule has 0 radical (unpaired) electrons. The predicted molar refractivity (Wildman–Crippen MR) is 198 cm³/mol. The number of methoxy groups -OCH3 is 1. The van der Waals surface area contributed by atoms with Crippen LogP contribution in [0.1, 0.15) is 50.7 Å². The summed E-state index contributed by atoms with van der Waals surface area (Å²) in [5.74, 6) is 0.770. The largest absolute Gasteiger partial charge is 0.497 e. The zero-order valence-electron chi connectivity index (χ0n) is 31.5. The molecule has 2 aromatic carbocycles. The standard InChI is InChI=1S/C42H48N4O8/c1-6-23-19-43(34-17-41(36-15-26(23)28(34)21-53-36)30-10-8-9-11-32(30)45(51-4)38(41)47)40(49)44-20-24(7-2)27-16-37-42(18-35(44)29(27)22-54-37)31-13-12-25(50-3)14-33(31)46(52-5)39(42)48/h6-14,26-29,34-37H,15-22H2,1-5H3/b23-6+,24-7+/t26-,27-,28-,29-,34-,35-,36+,37+,41-,42-/m0/s1. The van der Waals surface area contributed by atoms with Gasteiger partial charge in [-0.2, -0.15) is 10.1 Å². The lowest BCUT2D eigenvalue weighted by Crippen LogP contribution is -2.62. The third kappa shape index (κ3) is 4.20. The summed E-state index contributed by atoms with van der Waals surface area (Å²) in [4.78, 5) is 60.7. The Labute approximate surface area is 315 Å². The Morgan fingerprint density at radius 3 is 1.78 bits per heavy atom. The minimum Gasteiger partial charge on any atom is -0.497 e. The van der Waals surface area contributed by atoms with E-state index in [-0.39, 0.29) is 65.8 Å². The Morgan fingerprint density at radius 2 is 1.26 bits per heavy atom. The predicted octanol–water partition coefficient (Wildman–Crippen LogP) is 4.92. The van der Waals surface area contributed by atoms with E-state index in [1.807, 2.05) is 47.4 Å². The van der Waals surface area contributed by atoms with Gasteiger partial charge in [-0.25, -0.2) is 4.79 Å². The monoisotopic (exact) mass is 736 g/mol. The van der Waals surface area contributed by atoms with Gasteiger partial charge in [-0.15, -0.1) is 0 Å². The molecule has 12 rings (SSSR count). The Morgan fingerprint density at radius 1 is 0.741 bits per heavy atom. The van der Waals surface area contributed by atoms with Crippen molar-refractivity contribution < 1.29 is 38.3 Å². The Bertz CT molecular complexity index is 2020. The third-order valence-corrected chi connectivity index (χ3v) is 14.8. The molecule has 2 aliphatic carbocycles. The highest BCUT2D eigenvalue weighted by atomic mass is 16.7. The first-order chi connectivity index (χ1) is 26.2. The summed E-state index contributed by atoms with van der Waals surface area (Å²) in [7, 11) is 4.65. The van der Waals surface area contributed by atoms with Crippen LogP contribution < -0.4 is 14.9 Å². The van der Waals surface area contributed by atoms with Crippen molar-refractivity contribution in [1.29, 1.82) is 0 Å². The topological polar surface area (TPSA) is 110 Å². The van der Waals surface area contributed by atoms with Crippen LogP contribution in [0, 0.1) is 23.7 Å². The number of amides is 4. The first kappa shape index (κ1) is 34.3. The number of ether oxygens (including phenoxy) is 3. The molecule has 6 saturated heterocycles. The van der Waals surface area contributed by atoms with Crippen LogP contribution in [0.15, 0.2) is 65.8 Å². The van der Waals surface area contributed by atoms with Gasteiger partial charge in [-0.3, -0.25) is 19.3 Å². The molecule has 10 atom stereocenters. The van der Waals surface area contributed by atoms with Crippen LogP contribution in [0.4, 0.5) is 16.2 Å². The number of hydroxylamine groups is 2. The van der Waals surface area contributed by atoms with Crippen molar-refractivity contribution in [3.05, 3.63) is 76.9 Å². The number of hydrogen-bond donors (Lipinski definition) is 0. The Balaban J connectivity index is 1.08. The molecule has 0 N–H and O–H groups in total. The van der Waals surface area contributed by atoms with Gasteiger partial charge in [0.2, 0.25) is 0 Å². The van der Waals surface area contributed by atoms with E-state index in [4.69, 9.17) is 23.9 Å². The first-order valence-electron chi connectivity index (χ1n) is 19.4. The molecule has 10 aliphatic rings. The first-order valence-corrected chi connectivity index (χ1v) is 19.4. The van der Waals surface area contributed by atoms with E-state index in [0.717, 1.165) is 16.8 Å². The van der Waals surface area contributed by atoms with E-state index in [1.165, 1.54) is 35.5 Å². The summed E-state index contributed by atoms with van der Waals surface area (Å²) < 4.78 is 19.0. The zero-order valence-corrected chi connectivity index (χ0v) is 31.5. The van der Waals surface area contributed by atoms with E-state index in [2.05, 4.69) is 30.9 Å². The molecule has 54 heavy (non-hydrogen) atoms. The smallest absolute Gasteiger partial charge is 0.321 e. The molecule has 2 saturated carbocycles. The fraction of sp³-hybridized carbons (Fsp3) is 0.548. The fourth-order valence-electron chi connectivity index (χ4n) is 12.3. The van der Waals surface area contributed by atoms with Crippen LogP contribution in [0.2, 0.25) is 0 Å². The fourth-order valence-corrected chi connectivity index (χ4v) is 12.3. The quantitative estimate of drug-likeness (QED) is 0.409. The van der Waals surface area contributed by atoms with E-state index in [9.17, 15) is 9.59 Å². The molecule has 0 unspecified atom stereocenters. The lowest BCUT2D eigenvalue weighted by molar-refractivity contribution is -0.138. The summed E-state index contributed by atoms with van der Waals surface area (Å²) >= 11 is 0. The van der Waals surface area contributed by atoms with Crippen LogP contribution >= 0.6 is 0 Å². The normalized spacial score (nSPS) is 38.8. The number of carbonyl (C=O) groups is 3. The minimum absolute atomic E-state index is 0.0209. The van der Waals surface area contributed by atoms with Gasteiger partial charge in [0.05, 0.1) is 58.1 Å². The molecule has 8 heterocycles. The Kier molecular flexibility index (Phi) is 7.70.